The number of hydrogen-bond donors (Lipinski definition) is 1. The highest BCUT2D eigenvalue weighted by molar-refractivity contribution is 5.79. The molecule has 2 aromatic rings. The van der Waals surface area contributed by atoms with Crippen LogP contribution >= 0.6 is 0 Å². The standard InChI is InChI=1S/C16H17N3O2/c20-19(21)16-9-7-14(8-10-16)13-17-11-4-12-18-15-5-2-1-3-6-15/h1-3,5-10,13,18H,4,11-12H2. The Morgan fingerprint density at radius 3 is 2.48 bits per heavy atom. The molecule has 0 saturated heterocycles. The maximum atomic E-state index is 10.5. The van der Waals surface area contributed by atoms with Gasteiger partial charge in [0.25, 0.3) is 5.69 Å². The smallest absolute Gasteiger partial charge is 0.269 e. The number of anilines is 1. The van der Waals surface area contributed by atoms with Gasteiger partial charge in [0.05, 0.1) is 4.92 Å². The zero-order valence-corrected chi connectivity index (χ0v) is 11.6. The lowest BCUT2D eigenvalue weighted by Gasteiger charge is -2.03. The molecule has 0 aromatic heterocycles. The van der Waals surface area contributed by atoms with E-state index in [1.807, 2.05) is 30.3 Å². The second-order valence-electron chi connectivity index (χ2n) is 4.53. The third kappa shape index (κ3) is 5.06. The van der Waals surface area contributed by atoms with Gasteiger partial charge in [-0.15, -0.1) is 0 Å². The number of non-ortho nitro benzene ring substituents is 1. The van der Waals surface area contributed by atoms with Crippen molar-refractivity contribution in [2.45, 2.75) is 6.42 Å². The fraction of sp³-hybridized carbons (Fsp3) is 0.188. The summed E-state index contributed by atoms with van der Waals surface area (Å²) in [5.41, 5.74) is 2.08. The number of nitrogens with one attached hydrogen (secondary N) is 1. The highest BCUT2D eigenvalue weighted by Crippen LogP contribution is 2.10. The SMILES string of the molecule is O=[N+]([O-])c1ccc(C=NCCCNc2ccccc2)cc1. The number of hydrogen-bond acceptors (Lipinski definition) is 4. The van der Waals surface area contributed by atoms with Crippen molar-refractivity contribution in [3.8, 4) is 0 Å². The van der Waals surface area contributed by atoms with E-state index >= 15 is 0 Å². The van der Waals surface area contributed by atoms with Gasteiger partial charge in [-0.25, -0.2) is 0 Å². The molecule has 0 radical (unpaired) electrons. The predicted molar refractivity (Wildman–Crippen MR) is 85.1 cm³/mol. The number of benzene rings is 2. The average Bonchev–Trinajstić information content (AvgIpc) is 2.52. The number of rotatable bonds is 7. The summed E-state index contributed by atoms with van der Waals surface area (Å²) in [6.45, 7) is 1.58. The van der Waals surface area contributed by atoms with Crippen molar-refractivity contribution in [3.63, 3.8) is 0 Å². The summed E-state index contributed by atoms with van der Waals surface area (Å²) in [7, 11) is 0. The molecule has 0 amide bonds. The molecule has 0 aliphatic heterocycles. The molecule has 21 heavy (non-hydrogen) atoms. The number of nitro groups is 1. The molecule has 0 unspecified atom stereocenters. The van der Waals surface area contributed by atoms with Gasteiger partial charge in [-0.3, -0.25) is 15.1 Å². The van der Waals surface area contributed by atoms with E-state index < -0.39 is 4.92 Å². The van der Waals surface area contributed by atoms with Gasteiger partial charge in [0, 0.05) is 37.1 Å². The third-order valence-electron chi connectivity index (χ3n) is 2.91. The summed E-state index contributed by atoms with van der Waals surface area (Å²) in [5.74, 6) is 0. The second kappa shape index (κ2) is 7.79. The average molecular weight is 283 g/mol. The third-order valence-corrected chi connectivity index (χ3v) is 2.91. The fourth-order valence-corrected chi connectivity index (χ4v) is 1.81. The molecule has 108 valence electrons. The van der Waals surface area contributed by atoms with Gasteiger partial charge in [0.15, 0.2) is 0 Å². The van der Waals surface area contributed by atoms with Crippen LogP contribution in [-0.4, -0.2) is 24.2 Å². The first-order valence-electron chi connectivity index (χ1n) is 6.79. The summed E-state index contributed by atoms with van der Waals surface area (Å²) >= 11 is 0. The van der Waals surface area contributed by atoms with Crippen LogP contribution in [0.3, 0.4) is 0 Å². The van der Waals surface area contributed by atoms with E-state index in [9.17, 15) is 10.1 Å². The van der Waals surface area contributed by atoms with Crippen LogP contribution < -0.4 is 5.32 Å². The first-order chi connectivity index (χ1) is 10.3. The molecular weight excluding hydrogens is 266 g/mol. The van der Waals surface area contributed by atoms with E-state index in [4.69, 9.17) is 0 Å². The minimum absolute atomic E-state index is 0.0965. The van der Waals surface area contributed by atoms with Crippen molar-refractivity contribution in [1.29, 1.82) is 0 Å². The molecule has 0 aliphatic rings. The van der Waals surface area contributed by atoms with Crippen molar-refractivity contribution < 1.29 is 4.92 Å². The molecule has 2 aromatic carbocycles. The van der Waals surface area contributed by atoms with Crippen molar-refractivity contribution in [3.05, 3.63) is 70.3 Å². The van der Waals surface area contributed by atoms with E-state index in [1.54, 1.807) is 18.3 Å². The highest BCUT2D eigenvalue weighted by Gasteiger charge is 2.02. The van der Waals surface area contributed by atoms with Crippen LogP contribution in [0.4, 0.5) is 11.4 Å². The quantitative estimate of drug-likeness (QED) is 0.366. The Hall–Kier alpha value is -2.69. The van der Waals surface area contributed by atoms with E-state index in [-0.39, 0.29) is 5.69 Å². The molecule has 0 bridgehead atoms. The Balaban J connectivity index is 1.69. The maximum Gasteiger partial charge on any atom is 0.269 e. The second-order valence-corrected chi connectivity index (χ2v) is 4.53. The largest absolute Gasteiger partial charge is 0.385 e. The normalized spacial score (nSPS) is 10.7. The predicted octanol–water partition coefficient (Wildman–Crippen LogP) is 3.52. The van der Waals surface area contributed by atoms with Crippen LogP contribution in [0.25, 0.3) is 0 Å². The summed E-state index contributed by atoms with van der Waals surface area (Å²) < 4.78 is 0. The molecule has 0 aliphatic carbocycles. The van der Waals surface area contributed by atoms with E-state index in [0.717, 1.165) is 30.8 Å². The lowest BCUT2D eigenvalue weighted by atomic mass is 10.2. The van der Waals surface area contributed by atoms with Crippen molar-refractivity contribution in [1.82, 2.24) is 0 Å². The minimum atomic E-state index is -0.407. The molecule has 0 fully saturated rings. The molecule has 5 nitrogen and oxygen atoms in total. The van der Waals surface area contributed by atoms with Crippen LogP contribution in [-0.2, 0) is 0 Å². The lowest BCUT2D eigenvalue weighted by molar-refractivity contribution is -0.384. The highest BCUT2D eigenvalue weighted by atomic mass is 16.6. The monoisotopic (exact) mass is 283 g/mol. The van der Waals surface area contributed by atoms with Crippen molar-refractivity contribution >= 4 is 17.6 Å². The number of nitro benzene ring substituents is 1. The number of nitrogens with zero attached hydrogens (tertiary/aromatic N) is 2. The van der Waals surface area contributed by atoms with Crippen LogP contribution in [0, 0.1) is 10.1 Å². The Morgan fingerprint density at radius 2 is 1.81 bits per heavy atom. The van der Waals surface area contributed by atoms with Crippen molar-refractivity contribution in [2.75, 3.05) is 18.4 Å². The Bertz CT molecular complexity index is 595. The minimum Gasteiger partial charge on any atom is -0.385 e. The van der Waals surface area contributed by atoms with E-state index in [1.165, 1.54) is 12.1 Å². The number of aliphatic imine (C=N–C) groups is 1. The van der Waals surface area contributed by atoms with Crippen molar-refractivity contribution in [2.24, 2.45) is 4.99 Å². The maximum absolute atomic E-state index is 10.5. The molecule has 5 heteroatoms. The molecule has 0 heterocycles. The molecular formula is C16H17N3O2. The van der Waals surface area contributed by atoms with Crippen LogP contribution in [0.15, 0.2) is 59.6 Å². The van der Waals surface area contributed by atoms with Gasteiger partial charge in [-0.2, -0.15) is 0 Å². The van der Waals surface area contributed by atoms with Gasteiger partial charge >= 0.3 is 0 Å². The van der Waals surface area contributed by atoms with Crippen LogP contribution in [0.2, 0.25) is 0 Å². The Labute approximate surface area is 123 Å². The Kier molecular flexibility index (Phi) is 5.46. The molecule has 0 saturated carbocycles. The van der Waals surface area contributed by atoms with Crippen LogP contribution in [0.1, 0.15) is 12.0 Å². The van der Waals surface area contributed by atoms with Gasteiger partial charge in [-0.05, 0) is 36.2 Å². The van der Waals surface area contributed by atoms with E-state index in [2.05, 4.69) is 10.3 Å². The van der Waals surface area contributed by atoms with E-state index in [0.29, 0.717) is 0 Å². The first kappa shape index (κ1) is 14.7. The van der Waals surface area contributed by atoms with Gasteiger partial charge in [0.2, 0.25) is 0 Å². The molecule has 2 rings (SSSR count). The summed E-state index contributed by atoms with van der Waals surface area (Å²) in [5, 5.41) is 13.8. The summed E-state index contributed by atoms with van der Waals surface area (Å²) in [6, 6.07) is 16.4. The lowest BCUT2D eigenvalue weighted by Crippen LogP contribution is -2.02. The fourth-order valence-electron chi connectivity index (χ4n) is 1.81. The first-order valence-corrected chi connectivity index (χ1v) is 6.79. The zero-order chi connectivity index (χ0) is 14.9. The number of para-hydroxylation sites is 1. The zero-order valence-electron chi connectivity index (χ0n) is 11.6. The van der Waals surface area contributed by atoms with Crippen LogP contribution in [0.5, 0.6) is 0 Å². The molecule has 0 spiro atoms. The van der Waals surface area contributed by atoms with Gasteiger partial charge < -0.3 is 5.32 Å². The topological polar surface area (TPSA) is 67.5 Å². The molecule has 1 N–H and O–H groups in total. The van der Waals surface area contributed by atoms with Gasteiger partial charge in [-0.1, -0.05) is 18.2 Å². The summed E-state index contributed by atoms with van der Waals surface area (Å²) in [6.07, 6.45) is 2.67. The summed E-state index contributed by atoms with van der Waals surface area (Å²) in [4.78, 5) is 14.4. The van der Waals surface area contributed by atoms with Gasteiger partial charge in [0.1, 0.15) is 0 Å². The Morgan fingerprint density at radius 1 is 1.10 bits per heavy atom. The molecule has 0 atom stereocenters.